The van der Waals surface area contributed by atoms with Crippen LogP contribution in [0.3, 0.4) is 0 Å². The van der Waals surface area contributed by atoms with E-state index in [0.717, 1.165) is 41.2 Å². The summed E-state index contributed by atoms with van der Waals surface area (Å²) in [6, 6.07) is 14.3. The van der Waals surface area contributed by atoms with Gasteiger partial charge in [0.15, 0.2) is 17.5 Å². The number of unbranched alkanes of at least 4 members (excludes halogenated alkanes) is 2. The first-order chi connectivity index (χ1) is 15.5. The summed E-state index contributed by atoms with van der Waals surface area (Å²) in [7, 11) is 0. The van der Waals surface area contributed by atoms with Crippen LogP contribution in [0.25, 0.3) is 21.9 Å². The molecule has 32 heavy (non-hydrogen) atoms. The van der Waals surface area contributed by atoms with Gasteiger partial charge in [-0.1, -0.05) is 88.6 Å². The average molecular weight is 439 g/mol. The highest BCUT2D eigenvalue weighted by Gasteiger charge is 2.20. The van der Waals surface area contributed by atoms with Gasteiger partial charge in [0.1, 0.15) is 0 Å². The summed E-state index contributed by atoms with van der Waals surface area (Å²) in [6.45, 7) is 2.27. The number of hydrogen-bond donors (Lipinski definition) is 0. The number of aryl methyl sites for hydroxylation is 1. The lowest BCUT2D eigenvalue weighted by molar-refractivity contribution is 0.249. The van der Waals surface area contributed by atoms with Gasteiger partial charge in [0.2, 0.25) is 0 Å². The molecule has 1 saturated carbocycles. The Morgan fingerprint density at radius 1 is 0.688 bits per heavy atom. The summed E-state index contributed by atoms with van der Waals surface area (Å²) in [5, 5.41) is 2.14. The van der Waals surface area contributed by atoms with Crippen molar-refractivity contribution in [3.63, 3.8) is 0 Å². The van der Waals surface area contributed by atoms with Gasteiger partial charge in [-0.05, 0) is 70.3 Å². The molecule has 0 saturated heterocycles. The van der Waals surface area contributed by atoms with E-state index in [0.29, 0.717) is 11.1 Å². The summed E-state index contributed by atoms with van der Waals surface area (Å²) in [4.78, 5) is 0. The molecular formula is C29H33F3. The van der Waals surface area contributed by atoms with Crippen LogP contribution in [-0.4, -0.2) is 0 Å². The van der Waals surface area contributed by atoms with Gasteiger partial charge >= 0.3 is 0 Å². The first-order valence-electron chi connectivity index (χ1n) is 12.2. The molecule has 0 spiro atoms. The zero-order chi connectivity index (χ0) is 22.5. The fourth-order valence-electron chi connectivity index (χ4n) is 5.22. The Kier molecular flexibility index (Phi) is 7.55. The Morgan fingerprint density at radius 3 is 2.00 bits per heavy atom. The lowest BCUT2D eigenvalue weighted by Crippen LogP contribution is -2.15. The van der Waals surface area contributed by atoms with Crippen molar-refractivity contribution >= 4 is 10.8 Å². The maximum absolute atomic E-state index is 13.6. The second-order valence-electron chi connectivity index (χ2n) is 9.57. The van der Waals surface area contributed by atoms with Crippen LogP contribution in [0.4, 0.5) is 13.2 Å². The molecule has 0 radical (unpaired) electrons. The largest absolute Gasteiger partial charge is 0.204 e. The highest BCUT2D eigenvalue weighted by atomic mass is 19.2. The minimum absolute atomic E-state index is 0.345. The van der Waals surface area contributed by atoms with E-state index in [-0.39, 0.29) is 0 Å². The van der Waals surface area contributed by atoms with Gasteiger partial charge in [0.05, 0.1) is 0 Å². The molecule has 0 bridgehead atoms. The van der Waals surface area contributed by atoms with Crippen molar-refractivity contribution in [2.45, 2.75) is 71.1 Å². The van der Waals surface area contributed by atoms with Gasteiger partial charge in [0.25, 0.3) is 0 Å². The quantitative estimate of drug-likeness (QED) is 0.243. The molecule has 0 heterocycles. The molecule has 3 aromatic rings. The molecule has 3 heteroatoms. The monoisotopic (exact) mass is 438 g/mol. The van der Waals surface area contributed by atoms with Crippen LogP contribution in [-0.2, 0) is 6.42 Å². The van der Waals surface area contributed by atoms with Crippen LogP contribution in [0.5, 0.6) is 0 Å². The predicted octanol–water partition coefficient (Wildman–Crippen LogP) is 9.24. The minimum Gasteiger partial charge on any atom is -0.204 e. The fraction of sp³-hybridized carbons (Fsp3) is 0.448. The van der Waals surface area contributed by atoms with Gasteiger partial charge < -0.3 is 0 Å². The van der Waals surface area contributed by atoms with E-state index in [2.05, 4.69) is 25.1 Å². The molecule has 1 aliphatic rings. The lowest BCUT2D eigenvalue weighted by Gasteiger charge is -2.28. The molecule has 0 atom stereocenters. The number of fused-ring (bicyclic) bond motifs is 1. The van der Waals surface area contributed by atoms with E-state index in [9.17, 15) is 13.2 Å². The highest BCUT2D eigenvalue weighted by Crippen LogP contribution is 2.34. The summed E-state index contributed by atoms with van der Waals surface area (Å²) < 4.78 is 40.5. The van der Waals surface area contributed by atoms with E-state index < -0.39 is 17.5 Å². The van der Waals surface area contributed by atoms with Gasteiger partial charge in [-0.2, -0.15) is 0 Å². The Morgan fingerprint density at radius 2 is 1.31 bits per heavy atom. The van der Waals surface area contributed by atoms with Crippen LogP contribution in [0, 0.1) is 29.3 Å². The molecule has 0 nitrogen and oxygen atoms in total. The third kappa shape index (κ3) is 5.54. The van der Waals surface area contributed by atoms with Crippen LogP contribution in [0.2, 0.25) is 0 Å². The number of halogens is 3. The van der Waals surface area contributed by atoms with Crippen molar-refractivity contribution in [3.05, 3.63) is 71.5 Å². The molecular weight excluding hydrogens is 405 g/mol. The Balaban J connectivity index is 1.36. The lowest BCUT2D eigenvalue weighted by atomic mass is 9.77. The zero-order valence-corrected chi connectivity index (χ0v) is 19.0. The summed E-state index contributed by atoms with van der Waals surface area (Å²) >= 11 is 0. The smallest absolute Gasteiger partial charge is 0.194 e. The zero-order valence-electron chi connectivity index (χ0n) is 19.0. The van der Waals surface area contributed by atoms with Crippen molar-refractivity contribution in [2.24, 2.45) is 11.8 Å². The van der Waals surface area contributed by atoms with E-state index >= 15 is 0 Å². The fourth-order valence-corrected chi connectivity index (χ4v) is 5.22. The highest BCUT2D eigenvalue weighted by molar-refractivity contribution is 5.87. The normalized spacial score (nSPS) is 18.9. The van der Waals surface area contributed by atoms with Crippen molar-refractivity contribution in [2.75, 3.05) is 0 Å². The summed E-state index contributed by atoms with van der Waals surface area (Å²) in [6.07, 6.45) is 13.4. The SMILES string of the molecule is CCCCCC1CCC(CCc2ccc3cc(-c4cc(F)c(F)c(F)c4)ccc3c2)CC1. The Labute approximate surface area is 189 Å². The second-order valence-corrected chi connectivity index (χ2v) is 9.57. The first-order valence-corrected chi connectivity index (χ1v) is 12.2. The molecule has 0 unspecified atom stereocenters. The molecule has 170 valence electrons. The third-order valence-electron chi connectivity index (χ3n) is 7.25. The van der Waals surface area contributed by atoms with Gasteiger partial charge in [-0.3, -0.25) is 0 Å². The number of rotatable bonds is 8. The van der Waals surface area contributed by atoms with Crippen molar-refractivity contribution in [3.8, 4) is 11.1 Å². The first kappa shape index (κ1) is 22.9. The second kappa shape index (κ2) is 10.6. The van der Waals surface area contributed by atoms with Crippen LogP contribution >= 0.6 is 0 Å². The predicted molar refractivity (Wildman–Crippen MR) is 127 cm³/mol. The van der Waals surface area contributed by atoms with E-state index in [1.807, 2.05) is 18.2 Å². The molecule has 1 fully saturated rings. The van der Waals surface area contributed by atoms with Gasteiger partial charge in [-0.15, -0.1) is 0 Å². The summed E-state index contributed by atoms with van der Waals surface area (Å²) in [5.74, 6) is -1.95. The molecule has 3 aromatic carbocycles. The molecule has 0 aromatic heterocycles. The maximum Gasteiger partial charge on any atom is 0.194 e. The van der Waals surface area contributed by atoms with Crippen molar-refractivity contribution in [1.82, 2.24) is 0 Å². The van der Waals surface area contributed by atoms with Crippen LogP contribution in [0.15, 0.2) is 48.5 Å². The topological polar surface area (TPSA) is 0 Å². The number of hydrogen-bond acceptors (Lipinski definition) is 0. The van der Waals surface area contributed by atoms with Crippen LogP contribution in [0.1, 0.15) is 70.3 Å². The van der Waals surface area contributed by atoms with Crippen LogP contribution < -0.4 is 0 Å². The van der Waals surface area contributed by atoms with E-state index in [1.165, 1.54) is 63.4 Å². The van der Waals surface area contributed by atoms with Crippen molar-refractivity contribution in [1.29, 1.82) is 0 Å². The molecule has 0 N–H and O–H groups in total. The third-order valence-corrected chi connectivity index (χ3v) is 7.25. The van der Waals surface area contributed by atoms with Gasteiger partial charge in [-0.25, -0.2) is 13.2 Å². The molecule has 0 aliphatic heterocycles. The minimum atomic E-state index is -1.43. The summed E-state index contributed by atoms with van der Waals surface area (Å²) in [5.41, 5.74) is 2.37. The van der Waals surface area contributed by atoms with Gasteiger partial charge in [0, 0.05) is 0 Å². The number of benzene rings is 3. The van der Waals surface area contributed by atoms with E-state index in [4.69, 9.17) is 0 Å². The maximum atomic E-state index is 13.6. The standard InChI is InChI=1S/C29H33F3/c1-2-3-4-5-20-6-8-21(9-7-20)10-11-22-12-13-24-17-25(15-14-23(24)16-22)26-18-27(30)29(32)28(31)19-26/h12-21H,2-11H2,1H3. The molecule has 4 rings (SSSR count). The molecule has 1 aliphatic carbocycles. The Bertz CT molecular complexity index is 1020. The Hall–Kier alpha value is -2.29. The van der Waals surface area contributed by atoms with Crippen molar-refractivity contribution < 1.29 is 13.2 Å². The van der Waals surface area contributed by atoms with E-state index in [1.54, 1.807) is 0 Å². The average Bonchev–Trinajstić information content (AvgIpc) is 2.81. The molecule has 0 amide bonds.